The summed E-state index contributed by atoms with van der Waals surface area (Å²) >= 11 is 0. The highest BCUT2D eigenvalue weighted by molar-refractivity contribution is 6.14. The molecule has 0 aromatic heterocycles. The largest absolute Gasteiger partial charge is 0.360 e. The van der Waals surface area contributed by atoms with E-state index in [0.29, 0.717) is 12.2 Å². The van der Waals surface area contributed by atoms with Gasteiger partial charge in [-0.2, -0.15) is 0 Å². The molecule has 0 saturated carbocycles. The smallest absolute Gasteiger partial charge is 0.283 e. The number of nitrogens with one attached hydrogen (secondary N) is 2. The average Bonchev–Trinajstić information content (AvgIpc) is 2.70. The molecule has 0 radical (unpaired) electrons. The number of carbonyl (C=O) groups excluding carboxylic acids is 2. The molecule has 2 heterocycles. The Balaban J connectivity index is 1.46. The second-order valence-electron chi connectivity index (χ2n) is 8.01. The third-order valence-corrected chi connectivity index (χ3v) is 5.75. The summed E-state index contributed by atoms with van der Waals surface area (Å²) in [5.41, 5.74) is 1.80. The molecule has 28 heavy (non-hydrogen) atoms. The maximum Gasteiger partial charge on any atom is 0.283 e. The van der Waals surface area contributed by atoms with Gasteiger partial charge in [-0.3, -0.25) is 14.5 Å². The van der Waals surface area contributed by atoms with Crippen LogP contribution in [0.1, 0.15) is 13.8 Å². The van der Waals surface area contributed by atoms with Crippen LogP contribution >= 0.6 is 0 Å². The molecule has 6 nitrogen and oxygen atoms in total. The Labute approximate surface area is 165 Å². The van der Waals surface area contributed by atoms with Crippen LogP contribution in [0, 0.1) is 0 Å². The summed E-state index contributed by atoms with van der Waals surface area (Å²) in [6.45, 7) is 7.66. The molecule has 1 saturated heterocycles. The lowest BCUT2D eigenvalue weighted by molar-refractivity contribution is -0.892. The molecule has 4 rings (SSSR count). The van der Waals surface area contributed by atoms with Gasteiger partial charge in [0.05, 0.1) is 37.6 Å². The molecule has 2 aromatic rings. The number of quaternary nitrogens is 1. The zero-order valence-electron chi connectivity index (χ0n) is 16.4. The average molecular weight is 379 g/mol. The molecule has 2 aromatic carbocycles. The fraction of sp³-hybridized carbons (Fsp3) is 0.364. The Morgan fingerprint density at radius 3 is 2.39 bits per heavy atom. The highest BCUT2D eigenvalue weighted by Crippen LogP contribution is 2.36. The van der Waals surface area contributed by atoms with Crippen LogP contribution < -0.4 is 20.0 Å². The van der Waals surface area contributed by atoms with Crippen LogP contribution in [0.15, 0.2) is 54.6 Å². The molecule has 2 aliphatic heterocycles. The van der Waals surface area contributed by atoms with Crippen molar-refractivity contribution in [3.8, 4) is 0 Å². The second-order valence-corrected chi connectivity index (χ2v) is 8.01. The number of anilines is 3. The third kappa shape index (κ3) is 3.36. The van der Waals surface area contributed by atoms with Gasteiger partial charge in [0, 0.05) is 5.69 Å². The molecule has 2 amide bonds. The summed E-state index contributed by atoms with van der Waals surface area (Å²) in [6.07, 6.45) is 0. The van der Waals surface area contributed by atoms with E-state index in [4.69, 9.17) is 0 Å². The van der Waals surface area contributed by atoms with Crippen molar-refractivity contribution < 1.29 is 14.5 Å². The molecular formula is C22H27N4O2+. The Kier molecular flexibility index (Phi) is 4.81. The van der Waals surface area contributed by atoms with Crippen molar-refractivity contribution in [1.82, 2.24) is 0 Å². The van der Waals surface area contributed by atoms with Crippen molar-refractivity contribution in [3.63, 3.8) is 0 Å². The number of hydrogen-bond donors (Lipinski definition) is 2. The Morgan fingerprint density at radius 2 is 1.68 bits per heavy atom. The first kappa shape index (κ1) is 18.5. The normalized spacial score (nSPS) is 19.1. The molecule has 0 unspecified atom stereocenters. The minimum Gasteiger partial charge on any atom is -0.360 e. The quantitative estimate of drug-likeness (QED) is 0.841. The maximum absolute atomic E-state index is 13.3. The molecular weight excluding hydrogens is 352 g/mol. The van der Waals surface area contributed by atoms with Gasteiger partial charge in [-0.15, -0.1) is 0 Å². The lowest BCUT2D eigenvalue weighted by Crippen LogP contribution is -3.16. The van der Waals surface area contributed by atoms with Crippen molar-refractivity contribution >= 4 is 28.9 Å². The minimum atomic E-state index is -0.906. The molecule has 0 spiro atoms. The van der Waals surface area contributed by atoms with Gasteiger partial charge in [0.1, 0.15) is 5.54 Å². The highest BCUT2D eigenvalue weighted by Gasteiger charge is 2.44. The number of nitrogens with zero attached hydrogens (tertiary/aromatic N) is 2. The summed E-state index contributed by atoms with van der Waals surface area (Å²) in [5.74, 6) is -0.154. The van der Waals surface area contributed by atoms with Crippen LogP contribution in [0.5, 0.6) is 0 Å². The summed E-state index contributed by atoms with van der Waals surface area (Å²) in [6, 6.07) is 17.9. The number of hydrogen-bond acceptors (Lipinski definition) is 3. The first-order chi connectivity index (χ1) is 13.5. The third-order valence-electron chi connectivity index (χ3n) is 5.75. The number of fused-ring (bicyclic) bond motifs is 1. The van der Waals surface area contributed by atoms with Crippen LogP contribution in [-0.4, -0.2) is 50.1 Å². The van der Waals surface area contributed by atoms with Crippen LogP contribution in [0.3, 0.4) is 0 Å². The summed E-state index contributed by atoms with van der Waals surface area (Å²) < 4.78 is 0. The van der Waals surface area contributed by atoms with Gasteiger partial charge in [-0.05, 0) is 38.1 Å². The van der Waals surface area contributed by atoms with E-state index < -0.39 is 5.54 Å². The second kappa shape index (κ2) is 7.28. The van der Waals surface area contributed by atoms with Gasteiger partial charge in [0.15, 0.2) is 6.54 Å². The Hall–Kier alpha value is -2.86. The maximum atomic E-state index is 13.3. The van der Waals surface area contributed by atoms with Crippen molar-refractivity contribution in [2.45, 2.75) is 19.4 Å². The fourth-order valence-electron chi connectivity index (χ4n) is 4.09. The van der Waals surface area contributed by atoms with Crippen LogP contribution in [0.2, 0.25) is 0 Å². The van der Waals surface area contributed by atoms with Gasteiger partial charge in [-0.1, -0.05) is 30.3 Å². The first-order valence-corrected chi connectivity index (χ1v) is 9.84. The molecule has 6 heteroatoms. The van der Waals surface area contributed by atoms with E-state index in [-0.39, 0.29) is 11.8 Å². The van der Waals surface area contributed by atoms with E-state index in [1.807, 2.05) is 30.3 Å². The van der Waals surface area contributed by atoms with E-state index in [2.05, 4.69) is 34.5 Å². The van der Waals surface area contributed by atoms with Gasteiger partial charge >= 0.3 is 0 Å². The Morgan fingerprint density at radius 1 is 1.04 bits per heavy atom. The first-order valence-electron chi connectivity index (χ1n) is 9.84. The van der Waals surface area contributed by atoms with E-state index in [0.717, 1.165) is 31.9 Å². The highest BCUT2D eigenvalue weighted by atomic mass is 16.2. The lowest BCUT2D eigenvalue weighted by Gasteiger charge is -2.42. The van der Waals surface area contributed by atoms with Crippen molar-refractivity contribution in [2.75, 3.05) is 47.8 Å². The number of benzene rings is 2. The zero-order chi connectivity index (χ0) is 19.7. The predicted octanol–water partition coefficient (Wildman–Crippen LogP) is 1.16. The minimum absolute atomic E-state index is 0.00420. The zero-order valence-corrected chi connectivity index (χ0v) is 16.4. The van der Waals surface area contributed by atoms with E-state index in [1.165, 1.54) is 10.6 Å². The van der Waals surface area contributed by atoms with Crippen molar-refractivity contribution in [2.24, 2.45) is 0 Å². The van der Waals surface area contributed by atoms with E-state index >= 15 is 0 Å². The molecule has 146 valence electrons. The number of piperazine rings is 1. The summed E-state index contributed by atoms with van der Waals surface area (Å²) in [7, 11) is 0. The van der Waals surface area contributed by atoms with Gasteiger partial charge in [0.2, 0.25) is 5.91 Å². The van der Waals surface area contributed by atoms with Crippen LogP contribution in [-0.2, 0) is 9.59 Å². The summed E-state index contributed by atoms with van der Waals surface area (Å²) in [5, 5.41) is 2.92. The van der Waals surface area contributed by atoms with Crippen molar-refractivity contribution in [1.29, 1.82) is 0 Å². The molecule has 0 bridgehead atoms. The SMILES string of the molecule is CC1(C)C(=O)Nc2ccccc2N1C(=O)C[NH+]1CCN(c2ccccc2)CC1. The number of para-hydroxylation sites is 3. The van der Waals surface area contributed by atoms with Crippen LogP contribution in [0.25, 0.3) is 0 Å². The number of rotatable bonds is 3. The van der Waals surface area contributed by atoms with Crippen LogP contribution in [0.4, 0.5) is 17.1 Å². The number of carbonyl (C=O) groups is 2. The molecule has 1 fully saturated rings. The number of amides is 2. The van der Waals surface area contributed by atoms with E-state index in [9.17, 15) is 9.59 Å². The van der Waals surface area contributed by atoms with Gasteiger partial charge in [-0.25, -0.2) is 0 Å². The lowest BCUT2D eigenvalue weighted by atomic mass is 9.96. The van der Waals surface area contributed by atoms with Crippen molar-refractivity contribution in [3.05, 3.63) is 54.6 Å². The monoisotopic (exact) mass is 379 g/mol. The molecule has 0 aliphatic carbocycles. The predicted molar refractivity (Wildman–Crippen MR) is 111 cm³/mol. The summed E-state index contributed by atoms with van der Waals surface area (Å²) in [4.78, 5) is 31.1. The van der Waals surface area contributed by atoms with Gasteiger partial charge in [0.25, 0.3) is 5.91 Å². The van der Waals surface area contributed by atoms with E-state index in [1.54, 1.807) is 18.7 Å². The van der Waals surface area contributed by atoms with Gasteiger partial charge < -0.3 is 15.1 Å². The fourth-order valence-corrected chi connectivity index (χ4v) is 4.09. The standard InChI is InChI=1S/C22H26N4O2/c1-22(2)21(28)23-18-10-6-7-11-19(18)26(22)20(27)16-24-12-14-25(15-13-24)17-8-4-3-5-9-17/h3-11H,12-16H2,1-2H3,(H,23,28)/p+1. The Bertz CT molecular complexity index is 873. The molecule has 0 atom stereocenters. The topological polar surface area (TPSA) is 57.1 Å². The molecule has 2 aliphatic rings. The molecule has 2 N–H and O–H groups in total.